The molecule has 1 saturated heterocycles. The summed E-state index contributed by atoms with van der Waals surface area (Å²) >= 11 is 5.80. The highest BCUT2D eigenvalue weighted by atomic mass is 35.5. The van der Waals surface area contributed by atoms with Crippen molar-refractivity contribution in [3.63, 3.8) is 0 Å². The number of hydrogen-bond donors (Lipinski definition) is 2. The molecule has 26 heavy (non-hydrogen) atoms. The molecule has 0 saturated carbocycles. The Morgan fingerprint density at radius 2 is 1.92 bits per heavy atom. The van der Waals surface area contributed by atoms with E-state index in [-0.39, 0.29) is 12.6 Å². The van der Waals surface area contributed by atoms with E-state index in [9.17, 15) is 9.59 Å². The second-order valence-corrected chi connectivity index (χ2v) is 6.09. The SMILES string of the molecule is COc1ccc(N2CC(CNC(=O)Nc3ccc(Cl)cc3)OC2=O)cc1. The van der Waals surface area contributed by atoms with E-state index in [1.54, 1.807) is 55.6 Å². The minimum Gasteiger partial charge on any atom is -0.497 e. The van der Waals surface area contributed by atoms with Crippen LogP contribution < -0.4 is 20.3 Å². The van der Waals surface area contributed by atoms with Gasteiger partial charge in [0, 0.05) is 16.4 Å². The molecule has 1 fully saturated rings. The summed E-state index contributed by atoms with van der Waals surface area (Å²) in [6.45, 7) is 0.560. The smallest absolute Gasteiger partial charge is 0.414 e. The van der Waals surface area contributed by atoms with E-state index >= 15 is 0 Å². The molecule has 136 valence electrons. The van der Waals surface area contributed by atoms with Crippen LogP contribution in [0.5, 0.6) is 5.75 Å². The van der Waals surface area contributed by atoms with Crippen molar-refractivity contribution >= 4 is 35.1 Å². The van der Waals surface area contributed by atoms with E-state index in [1.807, 2.05) is 0 Å². The Kier molecular flexibility index (Phi) is 5.48. The lowest BCUT2D eigenvalue weighted by Crippen LogP contribution is -2.37. The minimum absolute atomic E-state index is 0.206. The monoisotopic (exact) mass is 375 g/mol. The molecule has 2 aromatic carbocycles. The van der Waals surface area contributed by atoms with Gasteiger partial charge in [0.25, 0.3) is 0 Å². The van der Waals surface area contributed by atoms with E-state index in [2.05, 4.69) is 10.6 Å². The Morgan fingerprint density at radius 1 is 1.23 bits per heavy atom. The summed E-state index contributed by atoms with van der Waals surface area (Å²) in [5.41, 5.74) is 1.33. The second-order valence-electron chi connectivity index (χ2n) is 5.66. The van der Waals surface area contributed by atoms with Gasteiger partial charge >= 0.3 is 12.1 Å². The lowest BCUT2D eigenvalue weighted by Gasteiger charge is -2.13. The zero-order valence-corrected chi connectivity index (χ0v) is 14.8. The maximum atomic E-state index is 12.0. The largest absolute Gasteiger partial charge is 0.497 e. The van der Waals surface area contributed by atoms with Crippen molar-refractivity contribution in [2.45, 2.75) is 6.10 Å². The number of benzene rings is 2. The molecule has 1 aliphatic heterocycles. The number of nitrogens with zero attached hydrogens (tertiary/aromatic N) is 1. The molecule has 0 aliphatic carbocycles. The molecule has 1 heterocycles. The van der Waals surface area contributed by atoms with Crippen molar-refractivity contribution < 1.29 is 19.1 Å². The normalized spacial score (nSPS) is 16.2. The number of anilines is 2. The van der Waals surface area contributed by atoms with Crippen molar-refractivity contribution in [2.24, 2.45) is 0 Å². The number of carbonyl (C=O) groups is 2. The van der Waals surface area contributed by atoms with Crippen molar-refractivity contribution in [1.82, 2.24) is 5.32 Å². The number of methoxy groups -OCH3 is 1. The van der Waals surface area contributed by atoms with E-state index in [0.717, 1.165) is 0 Å². The van der Waals surface area contributed by atoms with Crippen LogP contribution in [-0.2, 0) is 4.74 Å². The van der Waals surface area contributed by atoms with Gasteiger partial charge in [-0.2, -0.15) is 0 Å². The molecule has 0 bridgehead atoms. The van der Waals surface area contributed by atoms with Gasteiger partial charge in [-0.3, -0.25) is 4.90 Å². The molecule has 2 N–H and O–H groups in total. The van der Waals surface area contributed by atoms with Crippen LogP contribution in [0.2, 0.25) is 5.02 Å². The van der Waals surface area contributed by atoms with Gasteiger partial charge in [0.15, 0.2) is 0 Å². The summed E-state index contributed by atoms with van der Waals surface area (Å²) in [6.07, 6.45) is -0.874. The molecule has 0 aromatic heterocycles. The summed E-state index contributed by atoms with van der Waals surface area (Å²) in [6, 6.07) is 13.5. The van der Waals surface area contributed by atoms with Crippen LogP contribution in [0.1, 0.15) is 0 Å². The first-order valence-electron chi connectivity index (χ1n) is 7.98. The Hall–Kier alpha value is -2.93. The Bertz CT molecular complexity index is 780. The highest BCUT2D eigenvalue weighted by Gasteiger charge is 2.32. The molecule has 1 unspecified atom stereocenters. The first-order valence-corrected chi connectivity index (χ1v) is 8.35. The molecule has 8 heteroatoms. The van der Waals surface area contributed by atoms with Gasteiger partial charge in [0.1, 0.15) is 11.9 Å². The fraction of sp³-hybridized carbons (Fsp3) is 0.222. The summed E-state index contributed by atoms with van der Waals surface area (Å²) in [7, 11) is 1.58. The van der Waals surface area contributed by atoms with Gasteiger partial charge in [-0.25, -0.2) is 9.59 Å². The molecular weight excluding hydrogens is 358 g/mol. The van der Waals surface area contributed by atoms with Gasteiger partial charge in [-0.1, -0.05) is 11.6 Å². The van der Waals surface area contributed by atoms with Crippen LogP contribution in [0, 0.1) is 0 Å². The van der Waals surface area contributed by atoms with E-state index < -0.39 is 12.2 Å². The fourth-order valence-corrected chi connectivity index (χ4v) is 2.64. The Labute approximate surface area is 155 Å². The fourth-order valence-electron chi connectivity index (χ4n) is 2.52. The summed E-state index contributed by atoms with van der Waals surface area (Å²) < 4.78 is 10.4. The molecule has 0 radical (unpaired) electrons. The highest BCUT2D eigenvalue weighted by molar-refractivity contribution is 6.30. The standard InChI is InChI=1S/C18H18ClN3O4/c1-25-15-8-6-14(7-9-15)22-11-16(26-18(22)24)10-20-17(23)21-13-4-2-12(19)3-5-13/h2-9,16H,10-11H2,1H3,(H2,20,21,23). The van der Waals surface area contributed by atoms with Crippen LogP contribution in [0.15, 0.2) is 48.5 Å². The maximum absolute atomic E-state index is 12.0. The molecular formula is C18H18ClN3O4. The molecule has 0 spiro atoms. The predicted octanol–water partition coefficient (Wildman–Crippen LogP) is 3.50. The molecule has 1 atom stereocenters. The zero-order chi connectivity index (χ0) is 18.5. The van der Waals surface area contributed by atoms with Crippen molar-refractivity contribution in [3.8, 4) is 5.75 Å². The number of amides is 3. The number of urea groups is 1. The molecule has 2 aromatic rings. The molecule has 3 amide bonds. The quantitative estimate of drug-likeness (QED) is 0.838. The number of rotatable bonds is 5. The number of halogens is 1. The Morgan fingerprint density at radius 3 is 2.58 bits per heavy atom. The van der Waals surface area contributed by atoms with Crippen molar-refractivity contribution in [1.29, 1.82) is 0 Å². The van der Waals surface area contributed by atoms with Crippen LogP contribution in [-0.4, -0.2) is 38.4 Å². The third-order valence-corrected chi connectivity index (χ3v) is 4.10. The average Bonchev–Trinajstić information content (AvgIpc) is 3.03. The lowest BCUT2D eigenvalue weighted by atomic mass is 10.2. The number of nitrogens with one attached hydrogen (secondary N) is 2. The van der Waals surface area contributed by atoms with E-state index in [1.165, 1.54) is 4.90 Å². The summed E-state index contributed by atoms with van der Waals surface area (Å²) in [5, 5.41) is 5.97. The second kappa shape index (κ2) is 7.97. The summed E-state index contributed by atoms with van der Waals surface area (Å²) in [4.78, 5) is 25.5. The van der Waals surface area contributed by atoms with Gasteiger partial charge in [-0.05, 0) is 48.5 Å². The van der Waals surface area contributed by atoms with Gasteiger partial charge < -0.3 is 20.1 Å². The molecule has 3 rings (SSSR count). The summed E-state index contributed by atoms with van der Waals surface area (Å²) in [5.74, 6) is 0.707. The number of hydrogen-bond acceptors (Lipinski definition) is 4. The maximum Gasteiger partial charge on any atom is 0.414 e. The van der Waals surface area contributed by atoms with Crippen LogP contribution in [0.3, 0.4) is 0 Å². The highest BCUT2D eigenvalue weighted by Crippen LogP contribution is 2.24. The van der Waals surface area contributed by atoms with Crippen LogP contribution in [0.25, 0.3) is 0 Å². The number of carbonyl (C=O) groups excluding carboxylic acids is 2. The zero-order valence-electron chi connectivity index (χ0n) is 14.1. The predicted molar refractivity (Wildman–Crippen MR) is 99.1 cm³/mol. The van der Waals surface area contributed by atoms with Gasteiger partial charge in [0.05, 0.1) is 20.2 Å². The average molecular weight is 376 g/mol. The number of ether oxygens (including phenoxy) is 2. The van der Waals surface area contributed by atoms with E-state index in [4.69, 9.17) is 21.1 Å². The number of cyclic esters (lactones) is 1. The third-order valence-electron chi connectivity index (χ3n) is 3.85. The Balaban J connectivity index is 1.50. The first-order chi connectivity index (χ1) is 12.5. The van der Waals surface area contributed by atoms with Crippen molar-refractivity contribution in [3.05, 3.63) is 53.6 Å². The van der Waals surface area contributed by atoms with Gasteiger partial charge in [-0.15, -0.1) is 0 Å². The van der Waals surface area contributed by atoms with Gasteiger partial charge in [0.2, 0.25) is 0 Å². The topological polar surface area (TPSA) is 79.9 Å². The van der Waals surface area contributed by atoms with Crippen LogP contribution in [0.4, 0.5) is 21.0 Å². The van der Waals surface area contributed by atoms with Crippen molar-refractivity contribution in [2.75, 3.05) is 30.4 Å². The minimum atomic E-state index is -0.444. The first kappa shape index (κ1) is 17.9. The molecule has 7 nitrogen and oxygen atoms in total. The van der Waals surface area contributed by atoms with Crippen LogP contribution >= 0.6 is 11.6 Å². The lowest BCUT2D eigenvalue weighted by molar-refractivity contribution is 0.141. The molecule has 1 aliphatic rings. The van der Waals surface area contributed by atoms with E-state index in [0.29, 0.717) is 28.7 Å². The third kappa shape index (κ3) is 4.37.